The van der Waals surface area contributed by atoms with Crippen molar-refractivity contribution in [3.63, 3.8) is 0 Å². The maximum Gasteiger partial charge on any atom is 0.141 e. The van der Waals surface area contributed by atoms with Crippen molar-refractivity contribution in [3.05, 3.63) is 57.9 Å². The lowest BCUT2D eigenvalue weighted by atomic mass is 10.1. The molecule has 20 heavy (non-hydrogen) atoms. The molecule has 0 atom stereocenters. The van der Waals surface area contributed by atoms with Crippen molar-refractivity contribution < 1.29 is 4.74 Å². The van der Waals surface area contributed by atoms with Crippen LogP contribution >= 0.6 is 11.6 Å². The van der Waals surface area contributed by atoms with E-state index in [1.807, 2.05) is 32.0 Å². The number of halogens is 1. The van der Waals surface area contributed by atoms with Crippen molar-refractivity contribution in [1.29, 1.82) is 5.41 Å². The van der Waals surface area contributed by atoms with Gasteiger partial charge in [0.15, 0.2) is 0 Å². The molecule has 2 rings (SSSR count). The van der Waals surface area contributed by atoms with Crippen LogP contribution in [0.4, 0.5) is 0 Å². The molecule has 0 fully saturated rings. The summed E-state index contributed by atoms with van der Waals surface area (Å²) in [6.45, 7) is 4.32. The summed E-state index contributed by atoms with van der Waals surface area (Å²) in [5, 5.41) is 8.08. The van der Waals surface area contributed by atoms with Gasteiger partial charge in [-0.1, -0.05) is 11.6 Å². The Kier molecular flexibility index (Phi) is 4.25. The molecule has 1 heterocycles. The number of hydrogen-bond donors (Lipinski definition) is 2. The van der Waals surface area contributed by atoms with Crippen LogP contribution in [0.3, 0.4) is 0 Å². The second-order valence-electron chi connectivity index (χ2n) is 4.62. The van der Waals surface area contributed by atoms with Gasteiger partial charge in [-0.15, -0.1) is 0 Å². The normalized spacial score (nSPS) is 10.3. The van der Waals surface area contributed by atoms with E-state index >= 15 is 0 Å². The minimum atomic E-state index is -0.0503. The van der Waals surface area contributed by atoms with Gasteiger partial charge in [-0.3, -0.25) is 10.4 Å². The van der Waals surface area contributed by atoms with E-state index in [2.05, 4.69) is 4.98 Å². The number of nitrogens with one attached hydrogen (secondary N) is 1. The average molecular weight is 290 g/mol. The van der Waals surface area contributed by atoms with E-state index in [1.165, 1.54) is 0 Å². The van der Waals surface area contributed by atoms with Crippen LogP contribution in [-0.2, 0) is 6.61 Å². The van der Waals surface area contributed by atoms with Gasteiger partial charge < -0.3 is 10.5 Å². The van der Waals surface area contributed by atoms with E-state index in [9.17, 15) is 0 Å². The Labute approximate surface area is 123 Å². The molecule has 0 amide bonds. The number of aryl methyl sites for hydroxylation is 2. The van der Waals surface area contributed by atoms with Crippen molar-refractivity contribution in [2.45, 2.75) is 20.5 Å². The van der Waals surface area contributed by atoms with Crippen LogP contribution in [-0.4, -0.2) is 10.8 Å². The van der Waals surface area contributed by atoms with Gasteiger partial charge in [0.2, 0.25) is 0 Å². The molecule has 0 saturated heterocycles. The number of hydrogen-bond acceptors (Lipinski definition) is 3. The van der Waals surface area contributed by atoms with Gasteiger partial charge in [0, 0.05) is 11.2 Å². The molecular formula is C15H16ClN3O. The molecule has 3 N–H and O–H groups in total. The molecule has 0 aliphatic heterocycles. The topological polar surface area (TPSA) is 72.0 Å². The summed E-state index contributed by atoms with van der Waals surface area (Å²) in [6.07, 6.45) is 1.62. The van der Waals surface area contributed by atoms with Crippen molar-refractivity contribution >= 4 is 17.4 Å². The van der Waals surface area contributed by atoms with E-state index in [0.717, 1.165) is 22.4 Å². The standard InChI is InChI=1S/C15H16ClN3O/c1-9-5-12(16)6-10(2)14(9)20-8-11-3-4-19-13(7-11)15(17)18/h3-7H,8H2,1-2H3,(H3,17,18). The molecule has 0 aliphatic rings. The van der Waals surface area contributed by atoms with Gasteiger partial charge in [0.1, 0.15) is 23.9 Å². The zero-order chi connectivity index (χ0) is 14.7. The quantitative estimate of drug-likeness (QED) is 0.670. The Bertz CT molecular complexity index is 632. The van der Waals surface area contributed by atoms with Crippen LogP contribution in [0.2, 0.25) is 5.02 Å². The first-order valence-corrected chi connectivity index (χ1v) is 6.54. The first-order chi connectivity index (χ1) is 9.47. The Hall–Kier alpha value is -2.07. The largest absolute Gasteiger partial charge is 0.488 e. The Morgan fingerprint density at radius 2 is 1.95 bits per heavy atom. The molecule has 1 aromatic carbocycles. The number of nitrogens with zero attached hydrogens (tertiary/aromatic N) is 1. The smallest absolute Gasteiger partial charge is 0.141 e. The van der Waals surface area contributed by atoms with Gasteiger partial charge in [-0.25, -0.2) is 0 Å². The van der Waals surface area contributed by atoms with Crippen LogP contribution in [0.1, 0.15) is 22.4 Å². The Balaban J connectivity index is 2.17. The Morgan fingerprint density at radius 1 is 1.30 bits per heavy atom. The molecule has 0 saturated carbocycles. The fourth-order valence-electron chi connectivity index (χ4n) is 1.99. The predicted octanol–water partition coefficient (Wildman–Crippen LogP) is 3.21. The molecule has 104 valence electrons. The zero-order valence-electron chi connectivity index (χ0n) is 11.4. The molecule has 0 radical (unpaired) electrons. The molecule has 0 spiro atoms. The summed E-state index contributed by atoms with van der Waals surface area (Å²) < 4.78 is 5.85. The molecule has 1 aromatic heterocycles. The predicted molar refractivity (Wildman–Crippen MR) is 80.5 cm³/mol. The van der Waals surface area contributed by atoms with Crippen molar-refractivity contribution in [1.82, 2.24) is 4.98 Å². The third-order valence-corrected chi connectivity index (χ3v) is 3.13. The molecule has 0 aliphatic carbocycles. The fraction of sp³-hybridized carbons (Fsp3) is 0.200. The summed E-state index contributed by atoms with van der Waals surface area (Å²) in [7, 11) is 0. The Morgan fingerprint density at radius 3 is 2.55 bits per heavy atom. The highest BCUT2D eigenvalue weighted by molar-refractivity contribution is 6.30. The number of amidine groups is 1. The number of rotatable bonds is 4. The molecule has 2 aromatic rings. The summed E-state index contributed by atoms with van der Waals surface area (Å²) >= 11 is 5.99. The maximum atomic E-state index is 7.38. The summed E-state index contributed by atoms with van der Waals surface area (Å²) in [5.74, 6) is 0.779. The molecule has 0 unspecified atom stereocenters. The second-order valence-corrected chi connectivity index (χ2v) is 5.06. The van der Waals surface area contributed by atoms with E-state index < -0.39 is 0 Å². The lowest BCUT2D eigenvalue weighted by Crippen LogP contribution is -2.13. The monoisotopic (exact) mass is 289 g/mol. The summed E-state index contributed by atoms with van der Waals surface area (Å²) in [5.41, 5.74) is 8.78. The highest BCUT2D eigenvalue weighted by Gasteiger charge is 2.07. The van der Waals surface area contributed by atoms with Crippen molar-refractivity contribution in [3.8, 4) is 5.75 Å². The van der Waals surface area contributed by atoms with Crippen molar-refractivity contribution in [2.24, 2.45) is 5.73 Å². The highest BCUT2D eigenvalue weighted by atomic mass is 35.5. The lowest BCUT2D eigenvalue weighted by molar-refractivity contribution is 0.302. The van der Waals surface area contributed by atoms with Gasteiger partial charge in [-0.05, 0) is 54.8 Å². The molecular weight excluding hydrogens is 274 g/mol. The van der Waals surface area contributed by atoms with Crippen LogP contribution in [0.15, 0.2) is 30.5 Å². The lowest BCUT2D eigenvalue weighted by Gasteiger charge is -2.13. The van der Waals surface area contributed by atoms with E-state index in [1.54, 1.807) is 12.3 Å². The molecule has 5 heteroatoms. The van der Waals surface area contributed by atoms with E-state index in [0.29, 0.717) is 17.3 Å². The first-order valence-electron chi connectivity index (χ1n) is 6.16. The number of pyridine rings is 1. The SMILES string of the molecule is Cc1cc(Cl)cc(C)c1OCc1ccnc(C(=N)N)c1. The van der Waals surface area contributed by atoms with Gasteiger partial charge in [0.05, 0.1) is 0 Å². The number of benzene rings is 1. The van der Waals surface area contributed by atoms with E-state index in [4.69, 9.17) is 27.5 Å². The third kappa shape index (κ3) is 3.27. The zero-order valence-corrected chi connectivity index (χ0v) is 12.2. The maximum absolute atomic E-state index is 7.38. The van der Waals surface area contributed by atoms with E-state index in [-0.39, 0.29) is 5.84 Å². The average Bonchev–Trinajstić information content (AvgIpc) is 2.37. The summed E-state index contributed by atoms with van der Waals surface area (Å²) in [4.78, 5) is 4.02. The number of nitrogen functional groups attached to an aromatic ring is 1. The van der Waals surface area contributed by atoms with Crippen LogP contribution < -0.4 is 10.5 Å². The minimum absolute atomic E-state index is 0.0503. The molecule has 0 bridgehead atoms. The van der Waals surface area contributed by atoms with Crippen LogP contribution in [0, 0.1) is 19.3 Å². The van der Waals surface area contributed by atoms with Crippen LogP contribution in [0.5, 0.6) is 5.75 Å². The van der Waals surface area contributed by atoms with Gasteiger partial charge >= 0.3 is 0 Å². The van der Waals surface area contributed by atoms with Crippen LogP contribution in [0.25, 0.3) is 0 Å². The minimum Gasteiger partial charge on any atom is -0.488 e. The third-order valence-electron chi connectivity index (χ3n) is 2.91. The number of ether oxygens (including phenoxy) is 1. The van der Waals surface area contributed by atoms with Crippen molar-refractivity contribution in [2.75, 3.05) is 0 Å². The highest BCUT2D eigenvalue weighted by Crippen LogP contribution is 2.27. The number of nitrogens with two attached hydrogens (primary N) is 1. The van der Waals surface area contributed by atoms with Gasteiger partial charge in [0.25, 0.3) is 0 Å². The fourth-order valence-corrected chi connectivity index (χ4v) is 2.32. The van der Waals surface area contributed by atoms with Gasteiger partial charge in [-0.2, -0.15) is 0 Å². The first kappa shape index (κ1) is 14.3. The second kappa shape index (κ2) is 5.92. The summed E-state index contributed by atoms with van der Waals surface area (Å²) in [6, 6.07) is 7.34. The molecule has 4 nitrogen and oxygen atoms in total. The number of aromatic nitrogens is 1.